The lowest BCUT2D eigenvalue weighted by atomic mass is 10.0. The van der Waals surface area contributed by atoms with Crippen LogP contribution in [0.15, 0.2) is 54.2 Å². The number of methoxy groups -OCH3 is 1. The van der Waals surface area contributed by atoms with Gasteiger partial charge < -0.3 is 19.5 Å². The number of benzene rings is 2. The highest BCUT2D eigenvalue weighted by molar-refractivity contribution is 6.37. The van der Waals surface area contributed by atoms with Gasteiger partial charge in [0.1, 0.15) is 17.2 Å². The van der Waals surface area contributed by atoms with Crippen molar-refractivity contribution in [1.29, 1.82) is 0 Å². The summed E-state index contributed by atoms with van der Waals surface area (Å²) in [6.07, 6.45) is -4.43. The third-order valence-corrected chi connectivity index (χ3v) is 4.76. The Balaban J connectivity index is 1.98. The van der Waals surface area contributed by atoms with Crippen LogP contribution >= 0.6 is 0 Å². The first-order valence-corrected chi connectivity index (χ1v) is 10.2. The van der Waals surface area contributed by atoms with Crippen LogP contribution in [0.4, 0.5) is 18.9 Å². The largest absolute Gasteiger partial charge is 0.573 e. The van der Waals surface area contributed by atoms with Crippen LogP contribution in [0.25, 0.3) is 5.57 Å². The minimum atomic E-state index is -4.86. The Morgan fingerprint density at radius 1 is 1.03 bits per heavy atom. The van der Waals surface area contributed by atoms with E-state index in [-0.39, 0.29) is 23.5 Å². The van der Waals surface area contributed by atoms with Crippen LogP contribution in [-0.4, -0.2) is 49.9 Å². The molecule has 176 valence electrons. The van der Waals surface area contributed by atoms with E-state index in [9.17, 15) is 22.8 Å². The summed E-state index contributed by atoms with van der Waals surface area (Å²) < 4.78 is 52.4. The number of halogens is 3. The number of alkyl halides is 3. The van der Waals surface area contributed by atoms with Gasteiger partial charge in [0.25, 0.3) is 11.8 Å². The maximum absolute atomic E-state index is 13.2. The number of nitrogens with one attached hydrogen (secondary N) is 1. The Hall–Kier alpha value is -3.53. The van der Waals surface area contributed by atoms with Crippen molar-refractivity contribution in [1.82, 2.24) is 4.90 Å². The Bertz CT molecular complexity index is 1050. The summed E-state index contributed by atoms with van der Waals surface area (Å²) in [6, 6.07) is 11.7. The van der Waals surface area contributed by atoms with Gasteiger partial charge in [0.15, 0.2) is 0 Å². The molecule has 0 radical (unpaired) electrons. The lowest BCUT2D eigenvalue weighted by Gasteiger charge is -2.15. The quantitative estimate of drug-likeness (QED) is 0.419. The molecule has 0 saturated carbocycles. The molecule has 0 saturated heterocycles. The van der Waals surface area contributed by atoms with Crippen molar-refractivity contribution in [3.8, 4) is 11.5 Å². The molecule has 2 amide bonds. The van der Waals surface area contributed by atoms with Gasteiger partial charge in [-0.1, -0.05) is 24.3 Å². The van der Waals surface area contributed by atoms with Crippen LogP contribution in [0.5, 0.6) is 11.5 Å². The van der Waals surface area contributed by atoms with Crippen molar-refractivity contribution >= 4 is 23.1 Å². The van der Waals surface area contributed by atoms with Gasteiger partial charge in [0.05, 0.1) is 12.7 Å². The predicted molar refractivity (Wildman–Crippen MR) is 114 cm³/mol. The summed E-state index contributed by atoms with van der Waals surface area (Å²) in [5.74, 6) is -1.22. The number of anilines is 1. The fourth-order valence-corrected chi connectivity index (χ4v) is 3.38. The van der Waals surface area contributed by atoms with Gasteiger partial charge in [0, 0.05) is 37.1 Å². The highest BCUT2D eigenvalue weighted by atomic mass is 19.4. The van der Waals surface area contributed by atoms with Crippen molar-refractivity contribution in [2.75, 3.05) is 32.2 Å². The van der Waals surface area contributed by atoms with Crippen LogP contribution in [0.1, 0.15) is 18.9 Å². The second-order valence-electron chi connectivity index (χ2n) is 6.96. The molecule has 1 aliphatic heterocycles. The number of hydrogen-bond acceptors (Lipinski definition) is 6. The molecule has 2 aromatic rings. The monoisotopic (exact) mass is 464 g/mol. The van der Waals surface area contributed by atoms with E-state index in [0.717, 1.165) is 17.0 Å². The number of rotatable bonds is 10. The van der Waals surface area contributed by atoms with Crippen molar-refractivity contribution < 1.29 is 37.0 Å². The summed E-state index contributed by atoms with van der Waals surface area (Å²) in [6.45, 7) is 2.84. The van der Waals surface area contributed by atoms with E-state index < -0.39 is 23.9 Å². The topological polar surface area (TPSA) is 77.1 Å². The zero-order valence-electron chi connectivity index (χ0n) is 18.1. The molecule has 1 aliphatic rings. The summed E-state index contributed by atoms with van der Waals surface area (Å²) in [4.78, 5) is 27.5. The first-order chi connectivity index (χ1) is 15.7. The zero-order valence-corrected chi connectivity index (χ0v) is 18.1. The summed E-state index contributed by atoms with van der Waals surface area (Å²) in [7, 11) is 1.44. The Morgan fingerprint density at radius 3 is 2.48 bits per heavy atom. The van der Waals surface area contributed by atoms with E-state index in [1.54, 1.807) is 24.3 Å². The SMILES string of the molecule is CCOCCCN1C(=O)C(Nc2cccc(OC(F)(F)F)c2)=C(c2ccccc2OC)C1=O. The number of ether oxygens (including phenoxy) is 3. The average Bonchev–Trinajstić information content (AvgIpc) is 2.99. The molecule has 0 unspecified atom stereocenters. The molecule has 33 heavy (non-hydrogen) atoms. The van der Waals surface area contributed by atoms with Gasteiger partial charge in [-0.25, -0.2) is 0 Å². The molecule has 0 aliphatic carbocycles. The van der Waals surface area contributed by atoms with Gasteiger partial charge in [0.2, 0.25) is 0 Å². The van der Waals surface area contributed by atoms with Gasteiger partial charge >= 0.3 is 6.36 Å². The Morgan fingerprint density at radius 2 is 1.79 bits per heavy atom. The smallest absolute Gasteiger partial charge is 0.496 e. The van der Waals surface area contributed by atoms with E-state index >= 15 is 0 Å². The highest BCUT2D eigenvalue weighted by Gasteiger charge is 2.40. The van der Waals surface area contributed by atoms with Crippen LogP contribution in [0.3, 0.4) is 0 Å². The summed E-state index contributed by atoms with van der Waals surface area (Å²) in [5.41, 5.74) is 0.536. The predicted octanol–water partition coefficient (Wildman–Crippen LogP) is 4.21. The zero-order chi connectivity index (χ0) is 24.0. The first kappa shape index (κ1) is 24.1. The molecular formula is C23H23F3N2O5. The highest BCUT2D eigenvalue weighted by Crippen LogP contribution is 2.36. The molecule has 0 spiro atoms. The van der Waals surface area contributed by atoms with E-state index in [1.807, 2.05) is 6.92 Å². The fourth-order valence-electron chi connectivity index (χ4n) is 3.38. The van der Waals surface area contributed by atoms with Crippen molar-refractivity contribution in [2.45, 2.75) is 19.7 Å². The fraction of sp³-hybridized carbons (Fsp3) is 0.304. The van der Waals surface area contributed by atoms with Crippen LogP contribution < -0.4 is 14.8 Å². The number of carbonyl (C=O) groups is 2. The van der Waals surface area contributed by atoms with Crippen molar-refractivity contribution in [2.24, 2.45) is 0 Å². The minimum absolute atomic E-state index is 0.0648. The third-order valence-electron chi connectivity index (χ3n) is 4.76. The van der Waals surface area contributed by atoms with E-state index in [1.165, 1.54) is 19.2 Å². The Kier molecular flexibility index (Phi) is 7.59. The molecule has 0 fully saturated rings. The van der Waals surface area contributed by atoms with Crippen LogP contribution in [0.2, 0.25) is 0 Å². The number of amides is 2. The second kappa shape index (κ2) is 10.4. The standard InChI is InChI=1S/C23H23F3N2O5/c1-3-32-13-7-12-28-21(29)19(17-10-4-5-11-18(17)31-2)20(22(28)30)27-15-8-6-9-16(14-15)33-23(24,25)26/h4-6,8-11,14,27H,3,7,12-13H2,1-2H3. The molecule has 1 heterocycles. The molecule has 1 N–H and O–H groups in total. The normalized spacial score (nSPS) is 14.2. The summed E-state index contributed by atoms with van der Waals surface area (Å²) >= 11 is 0. The average molecular weight is 464 g/mol. The van der Waals surface area contributed by atoms with Crippen molar-refractivity contribution in [3.05, 3.63) is 59.8 Å². The van der Waals surface area contributed by atoms with Gasteiger partial charge in [-0.15, -0.1) is 13.2 Å². The third kappa shape index (κ3) is 5.83. The summed E-state index contributed by atoms with van der Waals surface area (Å²) in [5, 5.41) is 2.81. The van der Waals surface area contributed by atoms with Gasteiger partial charge in [-0.2, -0.15) is 0 Å². The second-order valence-corrected chi connectivity index (χ2v) is 6.96. The van der Waals surface area contributed by atoms with E-state index in [0.29, 0.717) is 30.9 Å². The molecule has 0 bridgehead atoms. The molecule has 3 rings (SSSR count). The molecule has 0 aromatic heterocycles. The lowest BCUT2D eigenvalue weighted by Crippen LogP contribution is -2.34. The molecular weight excluding hydrogens is 441 g/mol. The van der Waals surface area contributed by atoms with Gasteiger partial charge in [-0.05, 0) is 31.5 Å². The number of nitrogens with zero attached hydrogens (tertiary/aromatic N) is 1. The Labute approximate surface area is 188 Å². The van der Waals surface area contributed by atoms with E-state index in [2.05, 4.69) is 10.1 Å². The maximum atomic E-state index is 13.2. The molecule has 2 aromatic carbocycles. The lowest BCUT2D eigenvalue weighted by molar-refractivity contribution is -0.274. The van der Waals surface area contributed by atoms with E-state index in [4.69, 9.17) is 9.47 Å². The first-order valence-electron chi connectivity index (χ1n) is 10.2. The van der Waals surface area contributed by atoms with Crippen LogP contribution in [0, 0.1) is 0 Å². The number of imide groups is 1. The number of carbonyl (C=O) groups excluding carboxylic acids is 2. The maximum Gasteiger partial charge on any atom is 0.573 e. The molecule has 10 heteroatoms. The van der Waals surface area contributed by atoms with Crippen molar-refractivity contribution in [3.63, 3.8) is 0 Å². The minimum Gasteiger partial charge on any atom is -0.496 e. The van der Waals surface area contributed by atoms with Gasteiger partial charge in [-0.3, -0.25) is 14.5 Å². The number of hydrogen-bond donors (Lipinski definition) is 1. The molecule has 7 nitrogen and oxygen atoms in total. The van der Waals surface area contributed by atoms with Crippen LogP contribution in [-0.2, 0) is 14.3 Å². The molecule has 0 atom stereocenters. The number of para-hydroxylation sites is 1.